The summed E-state index contributed by atoms with van der Waals surface area (Å²) in [6.45, 7) is 0.753. The molecular formula is C14H14BrN3O. The highest BCUT2D eigenvalue weighted by Crippen LogP contribution is 2.17. The highest BCUT2D eigenvalue weighted by atomic mass is 79.9. The predicted molar refractivity (Wildman–Crippen MR) is 74.9 cm³/mol. The second kappa shape index (κ2) is 8.29. The van der Waals surface area contributed by atoms with Crippen molar-refractivity contribution in [3.63, 3.8) is 0 Å². The second-order valence-electron chi connectivity index (χ2n) is 3.97. The van der Waals surface area contributed by atoms with E-state index in [0.717, 1.165) is 10.0 Å². The third kappa shape index (κ3) is 5.11. The molecule has 0 spiro atoms. The third-order valence-corrected chi connectivity index (χ3v) is 3.41. The molecule has 0 heterocycles. The zero-order valence-electron chi connectivity index (χ0n) is 10.5. The summed E-state index contributed by atoms with van der Waals surface area (Å²) in [5.74, 6) is -0.0580. The molecule has 1 amide bonds. The maximum absolute atomic E-state index is 12.2. The van der Waals surface area contributed by atoms with Gasteiger partial charge in [-0.3, -0.25) is 4.79 Å². The van der Waals surface area contributed by atoms with Gasteiger partial charge in [-0.1, -0.05) is 34.1 Å². The summed E-state index contributed by atoms with van der Waals surface area (Å²) in [5, 5.41) is 17.2. The molecule has 0 aliphatic heterocycles. The normalized spacial score (nSPS) is 9.42. The van der Waals surface area contributed by atoms with E-state index in [2.05, 4.69) is 15.9 Å². The summed E-state index contributed by atoms with van der Waals surface area (Å²) < 4.78 is 0.892. The highest BCUT2D eigenvalue weighted by molar-refractivity contribution is 9.10. The molecule has 0 aromatic heterocycles. The molecule has 0 aliphatic rings. The Labute approximate surface area is 121 Å². The standard InChI is InChI=1S/C14H14BrN3O/c15-13-6-2-1-5-12(13)11-14(19)18(9-3-7-16)10-4-8-17/h1-2,5-6H,3-4,9-11H2. The Kier molecular flexibility index (Phi) is 6.63. The topological polar surface area (TPSA) is 67.9 Å². The third-order valence-electron chi connectivity index (χ3n) is 2.64. The van der Waals surface area contributed by atoms with E-state index in [1.54, 1.807) is 4.90 Å². The molecule has 5 heteroatoms. The number of carbonyl (C=O) groups excluding carboxylic acids is 1. The highest BCUT2D eigenvalue weighted by Gasteiger charge is 2.14. The number of halogens is 1. The Bertz CT molecular complexity index is 498. The lowest BCUT2D eigenvalue weighted by Crippen LogP contribution is -2.34. The second-order valence-corrected chi connectivity index (χ2v) is 4.82. The van der Waals surface area contributed by atoms with E-state index < -0.39 is 0 Å². The molecule has 98 valence electrons. The van der Waals surface area contributed by atoms with Crippen molar-refractivity contribution in [3.05, 3.63) is 34.3 Å². The number of nitrogens with zero attached hydrogens (tertiary/aromatic N) is 3. The molecule has 0 saturated heterocycles. The van der Waals surface area contributed by atoms with Gasteiger partial charge in [0.15, 0.2) is 0 Å². The Balaban J connectivity index is 2.69. The van der Waals surface area contributed by atoms with E-state index in [9.17, 15) is 4.79 Å². The number of nitriles is 2. The molecule has 0 N–H and O–H groups in total. The molecule has 19 heavy (non-hydrogen) atoms. The molecule has 0 fully saturated rings. The first kappa shape index (κ1) is 15.2. The van der Waals surface area contributed by atoms with E-state index in [0.29, 0.717) is 13.1 Å². The van der Waals surface area contributed by atoms with E-state index in [1.165, 1.54) is 0 Å². The zero-order chi connectivity index (χ0) is 14.1. The summed E-state index contributed by atoms with van der Waals surface area (Å²) in [5.41, 5.74) is 0.909. The summed E-state index contributed by atoms with van der Waals surface area (Å²) >= 11 is 3.40. The van der Waals surface area contributed by atoms with Crippen LogP contribution in [0.4, 0.5) is 0 Å². The van der Waals surface area contributed by atoms with Crippen molar-refractivity contribution < 1.29 is 4.79 Å². The smallest absolute Gasteiger partial charge is 0.227 e. The Morgan fingerprint density at radius 1 is 1.16 bits per heavy atom. The minimum Gasteiger partial charge on any atom is -0.340 e. The van der Waals surface area contributed by atoms with Crippen molar-refractivity contribution in [1.82, 2.24) is 4.90 Å². The van der Waals surface area contributed by atoms with Gasteiger partial charge in [0.05, 0.1) is 31.4 Å². The predicted octanol–water partition coefficient (Wildman–Crippen LogP) is 2.65. The van der Waals surface area contributed by atoms with Gasteiger partial charge in [-0.2, -0.15) is 10.5 Å². The molecule has 0 radical (unpaired) electrons. The lowest BCUT2D eigenvalue weighted by Gasteiger charge is -2.20. The number of amides is 1. The van der Waals surface area contributed by atoms with Gasteiger partial charge in [0, 0.05) is 17.6 Å². The van der Waals surface area contributed by atoms with Crippen LogP contribution in [0, 0.1) is 22.7 Å². The van der Waals surface area contributed by atoms with Crippen molar-refractivity contribution >= 4 is 21.8 Å². The van der Waals surface area contributed by atoms with E-state index in [-0.39, 0.29) is 25.2 Å². The Morgan fingerprint density at radius 3 is 2.26 bits per heavy atom. The van der Waals surface area contributed by atoms with Crippen LogP contribution in [0.2, 0.25) is 0 Å². The van der Waals surface area contributed by atoms with Gasteiger partial charge in [-0.25, -0.2) is 0 Å². The van der Waals surface area contributed by atoms with Gasteiger partial charge in [0.2, 0.25) is 5.91 Å². The average Bonchev–Trinajstić information content (AvgIpc) is 2.41. The Hall–Kier alpha value is -1.85. The quantitative estimate of drug-likeness (QED) is 0.809. The first-order valence-corrected chi connectivity index (χ1v) is 6.73. The van der Waals surface area contributed by atoms with Crippen LogP contribution in [0.3, 0.4) is 0 Å². The molecule has 0 bridgehead atoms. The van der Waals surface area contributed by atoms with Crippen molar-refractivity contribution in [3.8, 4) is 12.1 Å². The van der Waals surface area contributed by atoms with Crippen molar-refractivity contribution in [2.75, 3.05) is 13.1 Å². The monoisotopic (exact) mass is 319 g/mol. The minimum absolute atomic E-state index is 0.0580. The first-order chi connectivity index (χ1) is 9.19. The Morgan fingerprint density at radius 2 is 1.74 bits per heavy atom. The van der Waals surface area contributed by atoms with E-state index in [1.807, 2.05) is 36.4 Å². The fourth-order valence-corrected chi connectivity index (χ4v) is 2.07. The molecule has 1 aromatic rings. The lowest BCUT2D eigenvalue weighted by molar-refractivity contribution is -0.130. The summed E-state index contributed by atoms with van der Waals surface area (Å²) in [6, 6.07) is 11.6. The minimum atomic E-state index is -0.0580. The fraction of sp³-hybridized carbons (Fsp3) is 0.357. The van der Waals surface area contributed by atoms with Gasteiger partial charge in [-0.15, -0.1) is 0 Å². The van der Waals surface area contributed by atoms with Gasteiger partial charge >= 0.3 is 0 Å². The summed E-state index contributed by atoms with van der Waals surface area (Å²) in [4.78, 5) is 13.7. The zero-order valence-corrected chi connectivity index (χ0v) is 12.1. The number of rotatable bonds is 6. The van der Waals surface area contributed by atoms with E-state index in [4.69, 9.17) is 10.5 Å². The number of hydrogen-bond acceptors (Lipinski definition) is 3. The first-order valence-electron chi connectivity index (χ1n) is 5.94. The van der Waals surface area contributed by atoms with Crippen LogP contribution in [0.15, 0.2) is 28.7 Å². The molecular weight excluding hydrogens is 306 g/mol. The van der Waals surface area contributed by atoms with Crippen LogP contribution < -0.4 is 0 Å². The van der Waals surface area contributed by atoms with Crippen LogP contribution in [0.25, 0.3) is 0 Å². The SMILES string of the molecule is N#CCCN(CCC#N)C(=O)Cc1ccccc1Br. The molecule has 0 unspecified atom stereocenters. The van der Waals surface area contributed by atoms with Crippen molar-refractivity contribution in [1.29, 1.82) is 10.5 Å². The summed E-state index contributed by atoms with van der Waals surface area (Å²) in [7, 11) is 0. The van der Waals surface area contributed by atoms with E-state index >= 15 is 0 Å². The van der Waals surface area contributed by atoms with Crippen LogP contribution in [-0.2, 0) is 11.2 Å². The molecule has 0 aliphatic carbocycles. The number of hydrogen-bond donors (Lipinski definition) is 0. The molecule has 1 aromatic carbocycles. The van der Waals surface area contributed by atoms with Crippen LogP contribution in [0.5, 0.6) is 0 Å². The van der Waals surface area contributed by atoms with Crippen molar-refractivity contribution in [2.45, 2.75) is 19.3 Å². The lowest BCUT2D eigenvalue weighted by atomic mass is 10.1. The van der Waals surface area contributed by atoms with Gasteiger partial charge in [-0.05, 0) is 11.6 Å². The van der Waals surface area contributed by atoms with Gasteiger partial charge in [0.1, 0.15) is 0 Å². The maximum Gasteiger partial charge on any atom is 0.227 e. The number of carbonyl (C=O) groups is 1. The molecule has 4 nitrogen and oxygen atoms in total. The van der Waals surface area contributed by atoms with Gasteiger partial charge < -0.3 is 4.90 Å². The van der Waals surface area contributed by atoms with Gasteiger partial charge in [0.25, 0.3) is 0 Å². The fourth-order valence-electron chi connectivity index (χ4n) is 1.65. The number of benzene rings is 1. The van der Waals surface area contributed by atoms with Crippen LogP contribution in [-0.4, -0.2) is 23.9 Å². The molecule has 1 rings (SSSR count). The van der Waals surface area contributed by atoms with Crippen LogP contribution in [0.1, 0.15) is 18.4 Å². The average molecular weight is 320 g/mol. The summed E-state index contributed by atoms with van der Waals surface area (Å²) in [6.07, 6.45) is 0.846. The van der Waals surface area contributed by atoms with Crippen molar-refractivity contribution in [2.24, 2.45) is 0 Å². The largest absolute Gasteiger partial charge is 0.340 e. The van der Waals surface area contributed by atoms with Crippen LogP contribution >= 0.6 is 15.9 Å². The molecule has 0 atom stereocenters. The maximum atomic E-state index is 12.2. The molecule has 0 saturated carbocycles.